The quantitative estimate of drug-likeness (QED) is 0.242. The Balaban J connectivity index is 1.79. The Morgan fingerprint density at radius 3 is 2.38 bits per heavy atom. The van der Waals surface area contributed by atoms with Crippen molar-refractivity contribution in [1.29, 1.82) is 0 Å². The predicted octanol–water partition coefficient (Wildman–Crippen LogP) is 6.22. The van der Waals surface area contributed by atoms with Gasteiger partial charge in [-0.05, 0) is 29.7 Å². The summed E-state index contributed by atoms with van der Waals surface area (Å²) < 4.78 is 11.0. The maximum Gasteiger partial charge on any atom is 0.341 e. The molecule has 0 amide bonds. The van der Waals surface area contributed by atoms with E-state index in [0.29, 0.717) is 5.39 Å². The zero-order valence-corrected chi connectivity index (χ0v) is 21.1. The van der Waals surface area contributed by atoms with Crippen LogP contribution in [0.2, 0.25) is 0 Å². The van der Waals surface area contributed by atoms with Crippen LogP contribution in [0.15, 0.2) is 36.4 Å². The Kier molecular flexibility index (Phi) is 5.19. The highest BCUT2D eigenvalue weighted by Gasteiger charge is 2.84. The molecule has 3 unspecified atom stereocenters. The zero-order chi connectivity index (χ0) is 21.2. The molecule has 3 fully saturated rings. The van der Waals surface area contributed by atoms with Crippen LogP contribution in [0.5, 0.6) is 5.75 Å². The number of esters is 2. The van der Waals surface area contributed by atoms with E-state index in [1.807, 2.05) is 30.3 Å². The summed E-state index contributed by atoms with van der Waals surface area (Å²) in [6.45, 7) is 4.25. The van der Waals surface area contributed by atoms with E-state index in [1.165, 1.54) is 7.11 Å². The summed E-state index contributed by atoms with van der Waals surface area (Å²) in [5, 5.41) is 1.61. The number of ether oxygens (including phenoxy) is 2. The van der Waals surface area contributed by atoms with Crippen LogP contribution < -0.4 is 4.74 Å². The van der Waals surface area contributed by atoms with Crippen molar-refractivity contribution < 1.29 is 19.1 Å². The summed E-state index contributed by atoms with van der Waals surface area (Å²) in [7, 11) is 1.32. The van der Waals surface area contributed by atoms with E-state index in [-0.39, 0.29) is 36.7 Å². The third-order valence-electron chi connectivity index (χ3n) is 7.33. The van der Waals surface area contributed by atoms with Crippen LogP contribution in [-0.2, 0) is 9.53 Å². The zero-order valence-electron chi connectivity index (χ0n) is 16.3. The topological polar surface area (TPSA) is 52.6 Å². The number of carbonyl (C=O) groups is 2. The molecule has 0 heterocycles. The monoisotopic (exact) mass is 586 g/mol. The van der Waals surface area contributed by atoms with Gasteiger partial charge in [-0.1, -0.05) is 92.0 Å². The number of rotatable bonds is 4. The lowest BCUT2D eigenvalue weighted by Crippen LogP contribution is -2.71. The molecule has 7 heteroatoms. The average molecular weight is 589 g/mol. The van der Waals surface area contributed by atoms with Gasteiger partial charge >= 0.3 is 11.9 Å². The summed E-state index contributed by atoms with van der Waals surface area (Å²) >= 11 is 11.2. The second-order valence-electron chi connectivity index (χ2n) is 8.34. The van der Waals surface area contributed by atoms with Gasteiger partial charge in [0.15, 0.2) is 5.75 Å². The van der Waals surface area contributed by atoms with E-state index in [0.717, 1.165) is 18.2 Å². The van der Waals surface area contributed by atoms with Gasteiger partial charge in [0.25, 0.3) is 0 Å². The molecule has 0 N–H and O–H groups in total. The molecule has 3 aliphatic carbocycles. The molecule has 2 aromatic carbocycles. The molecule has 0 saturated heterocycles. The van der Waals surface area contributed by atoms with Crippen LogP contribution in [0.1, 0.15) is 37.0 Å². The first-order chi connectivity index (χ1) is 13.6. The molecule has 2 aromatic rings. The normalized spacial score (nSPS) is 29.6. The van der Waals surface area contributed by atoms with Gasteiger partial charge in [0.1, 0.15) is 5.56 Å². The van der Waals surface area contributed by atoms with Crippen molar-refractivity contribution in [3.8, 4) is 5.75 Å². The van der Waals surface area contributed by atoms with Gasteiger partial charge in [0.2, 0.25) is 0 Å². The molecule has 4 nitrogen and oxygen atoms in total. The van der Waals surface area contributed by atoms with Crippen LogP contribution in [0, 0.1) is 16.2 Å². The van der Waals surface area contributed by atoms with Crippen molar-refractivity contribution in [3.63, 3.8) is 0 Å². The molecule has 29 heavy (non-hydrogen) atoms. The van der Waals surface area contributed by atoms with E-state index in [2.05, 4.69) is 61.6 Å². The van der Waals surface area contributed by atoms with Crippen molar-refractivity contribution >= 4 is 70.5 Å². The third-order valence-corrected chi connectivity index (χ3v) is 10.6. The lowest BCUT2D eigenvalue weighted by atomic mass is 9.43. The van der Waals surface area contributed by atoms with Gasteiger partial charge in [-0.25, -0.2) is 4.79 Å². The van der Waals surface area contributed by atoms with Crippen LogP contribution in [0.3, 0.4) is 0 Å². The summed E-state index contributed by atoms with van der Waals surface area (Å²) in [5.41, 5.74) is -0.811. The fraction of sp³-hybridized carbons (Fsp3) is 0.455. The maximum atomic E-state index is 13.6. The molecule has 0 aliphatic heterocycles. The summed E-state index contributed by atoms with van der Waals surface area (Å²) in [6.07, 6.45) is 1.62. The van der Waals surface area contributed by atoms with Gasteiger partial charge < -0.3 is 9.47 Å². The lowest BCUT2D eigenvalue weighted by molar-refractivity contribution is -0.176. The molecule has 3 saturated carbocycles. The van der Waals surface area contributed by atoms with E-state index < -0.39 is 11.4 Å². The third kappa shape index (κ3) is 2.53. The fourth-order valence-corrected chi connectivity index (χ4v) is 10.3. The summed E-state index contributed by atoms with van der Waals surface area (Å²) in [5.74, 6) is -0.566. The van der Waals surface area contributed by atoms with Gasteiger partial charge in [0.05, 0.1) is 16.3 Å². The summed E-state index contributed by atoms with van der Waals surface area (Å²) in [4.78, 5) is 26.0. The number of fused-ring (bicyclic) bond motifs is 2. The number of carbonyl (C=O) groups excluding carboxylic acids is 2. The second kappa shape index (κ2) is 7.06. The van der Waals surface area contributed by atoms with E-state index in [1.54, 1.807) is 6.07 Å². The Morgan fingerprint density at radius 1 is 1.10 bits per heavy atom. The Morgan fingerprint density at radius 2 is 1.79 bits per heavy atom. The van der Waals surface area contributed by atoms with Crippen LogP contribution in [0.25, 0.3) is 10.8 Å². The molecular formula is C22H21Br3O4. The number of hydrogen-bond donors (Lipinski definition) is 0. The van der Waals surface area contributed by atoms with Gasteiger partial charge in [-0.15, -0.1) is 0 Å². The highest BCUT2D eigenvalue weighted by Crippen LogP contribution is 2.82. The van der Waals surface area contributed by atoms with E-state index in [9.17, 15) is 9.59 Å². The van der Waals surface area contributed by atoms with Crippen molar-refractivity contribution in [2.24, 2.45) is 16.2 Å². The Labute approximate surface area is 195 Å². The number of benzene rings is 2. The number of hydrogen-bond acceptors (Lipinski definition) is 4. The van der Waals surface area contributed by atoms with Crippen molar-refractivity contribution in [2.75, 3.05) is 7.11 Å². The first kappa shape index (κ1) is 21.3. The van der Waals surface area contributed by atoms with E-state index >= 15 is 0 Å². The van der Waals surface area contributed by atoms with E-state index in [4.69, 9.17) is 9.47 Å². The first-order valence-electron chi connectivity index (χ1n) is 9.39. The fourth-order valence-electron chi connectivity index (χ4n) is 5.45. The SMILES string of the molecule is COC(=O)c1ccc2ccccc2c1OC(=O)C12CCC(C(Br)Br)(C1Br)C2(C)C. The first-order valence-corrected chi connectivity index (χ1v) is 12.1. The van der Waals surface area contributed by atoms with Crippen molar-refractivity contribution in [2.45, 2.75) is 35.3 Å². The Hall–Kier alpha value is -0.920. The van der Waals surface area contributed by atoms with Crippen LogP contribution in [0.4, 0.5) is 0 Å². The molecule has 0 spiro atoms. The molecule has 3 atom stereocenters. The Bertz CT molecular complexity index is 1020. The van der Waals surface area contributed by atoms with Crippen LogP contribution >= 0.6 is 47.8 Å². The number of halogens is 3. The molecule has 0 aromatic heterocycles. The molecule has 5 rings (SSSR count). The standard InChI is InChI=1S/C22H21Br3O4/c1-20(2)21(18(24)25)10-11-22(20,17(21)23)19(27)29-15-13-7-5-4-6-12(13)8-9-14(15)16(26)28-3/h4-9,17-18H,10-11H2,1-3H3. The van der Waals surface area contributed by atoms with Crippen molar-refractivity contribution in [3.05, 3.63) is 42.0 Å². The van der Waals surface area contributed by atoms with Gasteiger partial charge in [-0.3, -0.25) is 4.79 Å². The van der Waals surface area contributed by atoms with Crippen molar-refractivity contribution in [1.82, 2.24) is 0 Å². The molecule has 154 valence electrons. The van der Waals surface area contributed by atoms with Gasteiger partial charge in [-0.2, -0.15) is 0 Å². The predicted molar refractivity (Wildman–Crippen MR) is 123 cm³/mol. The molecule has 0 radical (unpaired) electrons. The van der Waals surface area contributed by atoms with Gasteiger partial charge in [0, 0.05) is 15.6 Å². The largest absolute Gasteiger partial charge is 0.465 e. The molecular weight excluding hydrogens is 568 g/mol. The lowest BCUT2D eigenvalue weighted by Gasteiger charge is -2.65. The molecule has 2 bridgehead atoms. The highest BCUT2D eigenvalue weighted by molar-refractivity contribution is 9.24. The highest BCUT2D eigenvalue weighted by atomic mass is 79.9. The number of methoxy groups -OCH3 is 1. The summed E-state index contributed by atoms with van der Waals surface area (Å²) in [6, 6.07) is 11.0. The minimum Gasteiger partial charge on any atom is -0.465 e. The van der Waals surface area contributed by atoms with Crippen LogP contribution in [-0.4, -0.2) is 27.6 Å². The second-order valence-corrected chi connectivity index (χ2v) is 12.3. The molecule has 3 aliphatic rings. The average Bonchev–Trinajstić information content (AvgIpc) is 3.17. The minimum absolute atomic E-state index is 0.0368. The smallest absolute Gasteiger partial charge is 0.341 e. The number of alkyl halides is 3. The minimum atomic E-state index is -0.670. The maximum absolute atomic E-state index is 13.6.